The fraction of sp³-hybridized carbons (Fsp3) is 0.250. The van der Waals surface area contributed by atoms with Crippen LogP contribution >= 0.6 is 0 Å². The number of pyridine rings is 1. The highest BCUT2D eigenvalue weighted by atomic mass is 16.1. The Kier molecular flexibility index (Phi) is 6.21. The van der Waals surface area contributed by atoms with E-state index in [4.69, 9.17) is 11.4 Å². The van der Waals surface area contributed by atoms with Crippen LogP contribution in [-0.2, 0) is 6.54 Å². The first-order valence-electron chi connectivity index (χ1n) is 11.7. The van der Waals surface area contributed by atoms with E-state index in [9.17, 15) is 4.79 Å². The van der Waals surface area contributed by atoms with Crippen molar-refractivity contribution in [1.82, 2.24) is 19.4 Å². The molecule has 4 aromatic rings. The van der Waals surface area contributed by atoms with Crippen LogP contribution in [0.15, 0.2) is 65.6 Å². The number of aromatic nitrogens is 3. The zero-order valence-corrected chi connectivity index (χ0v) is 20.0. The average molecular weight is 465 g/mol. The van der Waals surface area contributed by atoms with Crippen molar-refractivity contribution in [3.63, 3.8) is 0 Å². The molecule has 0 unspecified atom stereocenters. The third-order valence-electron chi connectivity index (χ3n) is 6.56. The number of terminal acetylenes is 1. The highest BCUT2D eigenvalue weighted by molar-refractivity contribution is 5.77. The normalized spacial score (nSPS) is 14.1. The molecule has 1 fully saturated rings. The average Bonchev–Trinajstić information content (AvgIpc) is 2.88. The zero-order chi connectivity index (χ0) is 24.4. The van der Waals surface area contributed by atoms with Crippen molar-refractivity contribution in [3.8, 4) is 12.3 Å². The van der Waals surface area contributed by atoms with Gasteiger partial charge in [-0.05, 0) is 55.4 Å². The summed E-state index contributed by atoms with van der Waals surface area (Å²) in [4.78, 5) is 27.1. The number of benzene rings is 2. The van der Waals surface area contributed by atoms with Gasteiger partial charge in [-0.25, -0.2) is 4.98 Å². The van der Waals surface area contributed by atoms with Gasteiger partial charge >= 0.3 is 0 Å². The number of hydrogen-bond acceptors (Lipinski definition) is 6. The Hall–Kier alpha value is -4.15. The monoisotopic (exact) mass is 464 g/mol. The third-order valence-corrected chi connectivity index (χ3v) is 6.56. The maximum absolute atomic E-state index is 13.1. The molecule has 1 saturated heterocycles. The highest BCUT2D eigenvalue weighted by Gasteiger charge is 2.15. The molecule has 3 heterocycles. The molecule has 7 nitrogen and oxygen atoms in total. The van der Waals surface area contributed by atoms with Crippen LogP contribution in [0.3, 0.4) is 0 Å². The molecule has 0 radical (unpaired) electrons. The molecule has 0 spiro atoms. The Balaban J connectivity index is 1.45. The molecule has 0 bridgehead atoms. The Bertz CT molecular complexity index is 1460. The Labute approximate surface area is 205 Å². The first-order valence-corrected chi connectivity index (χ1v) is 11.7. The Morgan fingerprint density at radius 3 is 2.51 bits per heavy atom. The standard InChI is InChI=1S/C28H28N6O/c1-4-21-17-23-18-29-28(30-24-9-11-25(12-10-24)33-15-13-32(3)14-16-33)31-26(23)34(27(21)35)19-22-8-6-5-7-20(22)2/h1,5-12,17-18H,13-16,19H2,2-3H3,(H,29,30,31). The maximum Gasteiger partial charge on any atom is 0.268 e. The van der Waals surface area contributed by atoms with E-state index in [0.717, 1.165) is 48.4 Å². The molecule has 1 aliphatic heterocycles. The van der Waals surface area contributed by atoms with Gasteiger partial charge < -0.3 is 15.1 Å². The highest BCUT2D eigenvalue weighted by Crippen LogP contribution is 2.22. The molecule has 5 rings (SSSR count). The van der Waals surface area contributed by atoms with Crippen molar-refractivity contribution >= 4 is 28.4 Å². The molecule has 2 aromatic carbocycles. The fourth-order valence-electron chi connectivity index (χ4n) is 4.38. The molecule has 176 valence electrons. The molecule has 7 heteroatoms. The lowest BCUT2D eigenvalue weighted by Gasteiger charge is -2.34. The summed E-state index contributed by atoms with van der Waals surface area (Å²) in [5.74, 6) is 2.93. The van der Waals surface area contributed by atoms with E-state index in [2.05, 4.69) is 45.2 Å². The molecule has 0 atom stereocenters. The SMILES string of the molecule is C#Cc1cc2cnc(Nc3ccc(N4CCN(C)CC4)cc3)nc2n(Cc2ccccc2C)c1=O. The molecule has 35 heavy (non-hydrogen) atoms. The summed E-state index contributed by atoms with van der Waals surface area (Å²) >= 11 is 0. The largest absolute Gasteiger partial charge is 0.369 e. The number of nitrogens with zero attached hydrogens (tertiary/aromatic N) is 5. The van der Waals surface area contributed by atoms with Crippen molar-refractivity contribution < 1.29 is 0 Å². The number of piperazine rings is 1. The maximum atomic E-state index is 13.1. The molecule has 0 amide bonds. The first-order chi connectivity index (χ1) is 17.0. The van der Waals surface area contributed by atoms with Crippen LogP contribution in [0, 0.1) is 19.3 Å². The lowest BCUT2D eigenvalue weighted by atomic mass is 10.1. The minimum absolute atomic E-state index is 0.232. The van der Waals surface area contributed by atoms with Crippen molar-refractivity contribution in [2.24, 2.45) is 0 Å². The predicted octanol–water partition coefficient (Wildman–Crippen LogP) is 3.62. The number of rotatable bonds is 5. The molecular formula is C28H28N6O. The molecule has 0 saturated carbocycles. The van der Waals surface area contributed by atoms with E-state index in [1.807, 2.05) is 43.3 Å². The van der Waals surface area contributed by atoms with E-state index < -0.39 is 0 Å². The second kappa shape index (κ2) is 9.61. The number of hydrogen-bond donors (Lipinski definition) is 1. The van der Waals surface area contributed by atoms with Gasteiger partial charge in [-0.3, -0.25) is 9.36 Å². The smallest absolute Gasteiger partial charge is 0.268 e. The van der Waals surface area contributed by atoms with E-state index in [-0.39, 0.29) is 5.56 Å². The number of likely N-dealkylation sites (N-methyl/N-ethyl adjacent to an activating group) is 1. The van der Waals surface area contributed by atoms with Crippen molar-refractivity contribution in [2.45, 2.75) is 13.5 Å². The van der Waals surface area contributed by atoms with Crippen LogP contribution in [-0.4, -0.2) is 52.7 Å². The van der Waals surface area contributed by atoms with Crippen LogP contribution < -0.4 is 15.8 Å². The summed E-state index contributed by atoms with van der Waals surface area (Å²) in [6.45, 7) is 6.59. The predicted molar refractivity (Wildman–Crippen MR) is 141 cm³/mol. The minimum Gasteiger partial charge on any atom is -0.369 e. The fourth-order valence-corrected chi connectivity index (χ4v) is 4.38. The van der Waals surface area contributed by atoms with Crippen LogP contribution in [0.25, 0.3) is 11.0 Å². The topological polar surface area (TPSA) is 66.3 Å². The summed E-state index contributed by atoms with van der Waals surface area (Å²) in [5, 5.41) is 4.00. The Morgan fingerprint density at radius 2 is 1.80 bits per heavy atom. The molecule has 2 aromatic heterocycles. The minimum atomic E-state index is -0.232. The van der Waals surface area contributed by atoms with Gasteiger partial charge in [0, 0.05) is 49.1 Å². The van der Waals surface area contributed by atoms with E-state index in [1.165, 1.54) is 5.69 Å². The lowest BCUT2D eigenvalue weighted by Crippen LogP contribution is -2.44. The van der Waals surface area contributed by atoms with Gasteiger partial charge in [0.2, 0.25) is 5.95 Å². The van der Waals surface area contributed by atoms with Gasteiger partial charge in [0.15, 0.2) is 0 Å². The van der Waals surface area contributed by atoms with Crippen LogP contribution in [0.1, 0.15) is 16.7 Å². The van der Waals surface area contributed by atoms with Gasteiger partial charge in [-0.15, -0.1) is 6.42 Å². The number of aryl methyl sites for hydroxylation is 1. The van der Waals surface area contributed by atoms with Gasteiger partial charge in [-0.2, -0.15) is 4.98 Å². The number of anilines is 3. The van der Waals surface area contributed by atoms with Crippen molar-refractivity contribution in [1.29, 1.82) is 0 Å². The molecule has 1 N–H and O–H groups in total. The number of nitrogens with one attached hydrogen (secondary N) is 1. The summed E-state index contributed by atoms with van der Waals surface area (Å²) in [6.07, 6.45) is 7.32. The van der Waals surface area contributed by atoms with E-state index >= 15 is 0 Å². The summed E-state index contributed by atoms with van der Waals surface area (Å²) < 4.78 is 1.64. The van der Waals surface area contributed by atoms with Gasteiger partial charge in [0.25, 0.3) is 5.56 Å². The van der Waals surface area contributed by atoms with Crippen LogP contribution in [0.5, 0.6) is 0 Å². The first kappa shape index (κ1) is 22.6. The third kappa shape index (κ3) is 4.75. The Morgan fingerprint density at radius 1 is 1.06 bits per heavy atom. The van der Waals surface area contributed by atoms with Crippen LogP contribution in [0.4, 0.5) is 17.3 Å². The van der Waals surface area contributed by atoms with Gasteiger partial charge in [0.05, 0.1) is 12.1 Å². The quantitative estimate of drug-likeness (QED) is 0.455. The summed E-state index contributed by atoms with van der Waals surface area (Å²) in [7, 11) is 2.15. The summed E-state index contributed by atoms with van der Waals surface area (Å²) in [5.41, 5.74) is 4.85. The molecular weight excluding hydrogens is 436 g/mol. The van der Waals surface area contributed by atoms with E-state index in [0.29, 0.717) is 23.7 Å². The van der Waals surface area contributed by atoms with Gasteiger partial charge in [-0.1, -0.05) is 30.2 Å². The molecule has 0 aliphatic carbocycles. The van der Waals surface area contributed by atoms with Crippen LogP contribution in [0.2, 0.25) is 0 Å². The summed E-state index contributed by atoms with van der Waals surface area (Å²) in [6, 6.07) is 18.0. The van der Waals surface area contributed by atoms with Crippen molar-refractivity contribution in [3.05, 3.63) is 87.8 Å². The second-order valence-electron chi connectivity index (χ2n) is 8.95. The lowest BCUT2D eigenvalue weighted by molar-refractivity contribution is 0.313. The number of fused-ring (bicyclic) bond motifs is 1. The molecule has 1 aliphatic rings. The van der Waals surface area contributed by atoms with E-state index in [1.54, 1.807) is 16.8 Å². The van der Waals surface area contributed by atoms with Crippen molar-refractivity contribution in [2.75, 3.05) is 43.4 Å². The second-order valence-corrected chi connectivity index (χ2v) is 8.95. The van der Waals surface area contributed by atoms with Gasteiger partial charge in [0.1, 0.15) is 5.65 Å². The zero-order valence-electron chi connectivity index (χ0n) is 20.0.